The van der Waals surface area contributed by atoms with Crippen LogP contribution in [0.1, 0.15) is 85.5 Å². The number of ether oxygens (including phenoxy) is 10. The largest absolute Gasteiger partial charge is 0.394 e. The molecule has 0 aromatic heterocycles. The van der Waals surface area contributed by atoms with Gasteiger partial charge in [0.1, 0.15) is 91.6 Å². The Labute approximate surface area is 419 Å². The molecule has 412 valence electrons. The van der Waals surface area contributed by atoms with Crippen LogP contribution in [0.2, 0.25) is 0 Å². The van der Waals surface area contributed by atoms with Gasteiger partial charge in [0.15, 0.2) is 30.9 Å². The minimum absolute atomic E-state index is 0.0473. The fraction of sp³-hybridized carbons (Fsp3) is 0.960. The summed E-state index contributed by atoms with van der Waals surface area (Å²) in [7, 11) is 0. The molecule has 6 heterocycles. The second-order valence-corrected chi connectivity index (χ2v) is 23.5. The van der Waals surface area contributed by atoms with Crippen LogP contribution in [0.15, 0.2) is 11.6 Å². The van der Waals surface area contributed by atoms with E-state index < -0.39 is 155 Å². The van der Waals surface area contributed by atoms with Crippen molar-refractivity contribution < 1.29 is 109 Å². The van der Waals surface area contributed by atoms with Crippen molar-refractivity contribution >= 4 is 0 Å². The lowest BCUT2D eigenvalue weighted by atomic mass is 9.47. The Morgan fingerprint density at radius 1 is 0.597 bits per heavy atom. The van der Waals surface area contributed by atoms with Crippen molar-refractivity contribution in [2.24, 2.45) is 46.3 Å². The van der Waals surface area contributed by atoms with E-state index in [0.29, 0.717) is 48.3 Å². The third-order valence-electron chi connectivity index (χ3n) is 19.4. The molecule has 4 aliphatic carbocycles. The molecule has 72 heavy (non-hydrogen) atoms. The second-order valence-electron chi connectivity index (χ2n) is 23.5. The number of aliphatic hydroxyl groups excluding tert-OH is 12. The molecule has 10 aliphatic rings. The summed E-state index contributed by atoms with van der Waals surface area (Å²) in [5.41, 5.74) is 1.44. The van der Waals surface area contributed by atoms with E-state index in [0.717, 1.165) is 51.6 Å². The van der Waals surface area contributed by atoms with Crippen LogP contribution in [0, 0.1) is 46.3 Å². The monoisotopic (exact) mass is 1030 g/mol. The van der Waals surface area contributed by atoms with E-state index in [-0.39, 0.29) is 16.9 Å². The number of hydrogen-bond donors (Lipinski definition) is 12. The molecule has 3 saturated carbocycles. The fourth-order valence-electron chi connectivity index (χ4n) is 15.3. The fourth-order valence-corrected chi connectivity index (χ4v) is 15.3. The van der Waals surface area contributed by atoms with Gasteiger partial charge in [0.25, 0.3) is 0 Å². The van der Waals surface area contributed by atoms with Crippen LogP contribution in [0.5, 0.6) is 0 Å². The molecule has 0 amide bonds. The van der Waals surface area contributed by atoms with Gasteiger partial charge in [-0.1, -0.05) is 39.3 Å². The molecule has 0 bridgehead atoms. The SMILES string of the molecule is CC1CC[C@@]2(OC1)OC1C[C@H]3[C@@H]4CC=C5CC(OC6OC(CO)C(OC7OC(CO)C(O)C(OC8OCC(O)C(O)C8O)C7OC7OC(CO)C(O)C(O)C7O)C(O)C6O)CCC5(C)[C@H]4CCC3(C)C1[C@@H]2C. The summed E-state index contributed by atoms with van der Waals surface area (Å²) >= 11 is 0. The number of allylic oxidation sites excluding steroid dienone is 1. The van der Waals surface area contributed by atoms with Gasteiger partial charge in [0.2, 0.25) is 0 Å². The van der Waals surface area contributed by atoms with E-state index in [1.165, 1.54) is 5.57 Å². The number of aliphatic hydroxyl groups is 12. The standard InChI is InChI=1S/C50H80O22/c1-20-7-12-50(64-18-20)21(2)32-28(72-50)14-26-24-6-5-22-13-23(8-10-48(22,3)25(24)9-11-49(26,32)4)65-45-40(62)37(59)41(31(17-53)68-45)69-47-43(71-46-39(61)36(58)34(56)29(15-51)66-46)42(35(57)30(16-52)67-47)70-44-38(60)33(55)27(54)19-63-44/h5,20-21,23-47,51-62H,6-19H2,1-4H3/t20?,21-,23?,24+,25-,26-,27?,28?,29?,30?,31?,32?,33?,34?,35?,36?,37?,38?,39?,40?,41?,42?,43?,44?,45?,46?,47?,48?,49?,50+/m0/s1. The molecule has 22 nitrogen and oxygen atoms in total. The third-order valence-corrected chi connectivity index (χ3v) is 19.4. The van der Waals surface area contributed by atoms with Crippen molar-refractivity contribution in [2.75, 3.05) is 33.0 Å². The normalized spacial score (nSPS) is 56.7. The molecule has 6 aliphatic heterocycles. The Morgan fingerprint density at radius 3 is 1.94 bits per heavy atom. The summed E-state index contributed by atoms with van der Waals surface area (Å²) in [4.78, 5) is 0. The van der Waals surface area contributed by atoms with Gasteiger partial charge in [-0.15, -0.1) is 0 Å². The van der Waals surface area contributed by atoms with Gasteiger partial charge in [0.05, 0.1) is 45.2 Å². The molecule has 10 rings (SSSR count). The maximum absolute atomic E-state index is 11.8. The first kappa shape index (κ1) is 54.2. The molecule has 1 spiro atoms. The van der Waals surface area contributed by atoms with Crippen LogP contribution in [0.3, 0.4) is 0 Å². The van der Waals surface area contributed by atoms with Crippen LogP contribution in [0.4, 0.5) is 0 Å². The molecule has 12 N–H and O–H groups in total. The summed E-state index contributed by atoms with van der Waals surface area (Å²) in [6.07, 6.45) is -22.3. The van der Waals surface area contributed by atoms with Crippen molar-refractivity contribution in [1.29, 1.82) is 0 Å². The number of fused-ring (bicyclic) bond motifs is 7. The molecule has 22 heteroatoms. The predicted octanol–water partition coefficient (Wildman–Crippen LogP) is -2.35. The summed E-state index contributed by atoms with van der Waals surface area (Å²) in [5.74, 6) is 2.46. The van der Waals surface area contributed by atoms with Gasteiger partial charge >= 0.3 is 0 Å². The zero-order chi connectivity index (χ0) is 51.3. The second kappa shape index (κ2) is 20.9. The van der Waals surface area contributed by atoms with Gasteiger partial charge < -0.3 is 109 Å². The Bertz CT molecular complexity index is 1890. The van der Waals surface area contributed by atoms with Crippen molar-refractivity contribution in [3.8, 4) is 0 Å². The smallest absolute Gasteiger partial charge is 0.187 e. The molecule has 6 saturated heterocycles. The Hall–Kier alpha value is -1.14. The zero-order valence-corrected chi connectivity index (χ0v) is 41.5. The molecule has 0 radical (unpaired) electrons. The average Bonchev–Trinajstić information content (AvgIpc) is 3.82. The minimum Gasteiger partial charge on any atom is -0.394 e. The van der Waals surface area contributed by atoms with E-state index in [9.17, 15) is 61.3 Å². The van der Waals surface area contributed by atoms with Crippen LogP contribution in [0.25, 0.3) is 0 Å². The van der Waals surface area contributed by atoms with Crippen LogP contribution >= 0.6 is 0 Å². The van der Waals surface area contributed by atoms with Crippen molar-refractivity contribution in [1.82, 2.24) is 0 Å². The Morgan fingerprint density at radius 2 is 1.24 bits per heavy atom. The number of hydrogen-bond acceptors (Lipinski definition) is 22. The predicted molar refractivity (Wildman–Crippen MR) is 242 cm³/mol. The highest BCUT2D eigenvalue weighted by molar-refractivity contribution is 5.26. The first-order valence-corrected chi connectivity index (χ1v) is 26.4. The molecule has 9 fully saturated rings. The lowest BCUT2D eigenvalue weighted by molar-refractivity contribution is -0.403. The van der Waals surface area contributed by atoms with Crippen molar-refractivity contribution in [3.05, 3.63) is 11.6 Å². The van der Waals surface area contributed by atoms with Gasteiger partial charge in [-0.05, 0) is 91.8 Å². The maximum atomic E-state index is 11.8. The zero-order valence-electron chi connectivity index (χ0n) is 41.5. The lowest BCUT2D eigenvalue weighted by Gasteiger charge is -2.58. The van der Waals surface area contributed by atoms with Crippen LogP contribution in [-0.4, -0.2) is 229 Å². The molecular weight excluding hydrogens is 953 g/mol. The highest BCUT2D eigenvalue weighted by Crippen LogP contribution is 2.70. The van der Waals surface area contributed by atoms with Crippen LogP contribution in [-0.2, 0) is 47.4 Å². The van der Waals surface area contributed by atoms with Crippen molar-refractivity contribution in [3.63, 3.8) is 0 Å². The van der Waals surface area contributed by atoms with E-state index >= 15 is 0 Å². The van der Waals surface area contributed by atoms with Gasteiger partial charge in [0, 0.05) is 12.3 Å². The molecule has 30 atom stereocenters. The highest BCUT2D eigenvalue weighted by Gasteiger charge is 2.69. The average molecular weight is 1030 g/mol. The summed E-state index contributed by atoms with van der Waals surface area (Å²) in [6, 6.07) is 0. The third kappa shape index (κ3) is 9.18. The summed E-state index contributed by atoms with van der Waals surface area (Å²) in [5, 5.41) is 129. The topological polar surface area (TPSA) is 335 Å². The number of rotatable bonds is 11. The Kier molecular flexibility index (Phi) is 15.7. The molecule has 0 aromatic carbocycles. The lowest BCUT2D eigenvalue weighted by Crippen LogP contribution is -2.68. The first-order chi connectivity index (χ1) is 34.3. The minimum atomic E-state index is -2.00. The quantitative estimate of drug-likeness (QED) is 0.0964. The molecule has 0 aromatic rings. The highest BCUT2D eigenvalue weighted by atomic mass is 16.8. The maximum Gasteiger partial charge on any atom is 0.187 e. The van der Waals surface area contributed by atoms with Gasteiger partial charge in [-0.2, -0.15) is 0 Å². The van der Waals surface area contributed by atoms with Crippen molar-refractivity contribution in [2.45, 2.75) is 220 Å². The first-order valence-electron chi connectivity index (χ1n) is 26.4. The van der Waals surface area contributed by atoms with Gasteiger partial charge in [-0.3, -0.25) is 0 Å². The van der Waals surface area contributed by atoms with Gasteiger partial charge in [-0.25, -0.2) is 0 Å². The van der Waals surface area contributed by atoms with E-state index in [4.69, 9.17) is 47.4 Å². The molecule has 25 unspecified atom stereocenters. The van der Waals surface area contributed by atoms with Crippen LogP contribution < -0.4 is 0 Å². The summed E-state index contributed by atoms with van der Waals surface area (Å²) < 4.78 is 61.3. The molecular formula is C50H80O22. The summed E-state index contributed by atoms with van der Waals surface area (Å²) in [6.45, 7) is 7.28. The van der Waals surface area contributed by atoms with E-state index in [2.05, 4.69) is 33.8 Å². The van der Waals surface area contributed by atoms with E-state index in [1.54, 1.807) is 0 Å². The van der Waals surface area contributed by atoms with E-state index in [1.807, 2.05) is 0 Å². The Balaban J connectivity index is 0.826.